The Kier molecular flexibility index (Phi) is 10.2. The molecule has 166 valence electrons. The van der Waals surface area contributed by atoms with Gasteiger partial charge >= 0.3 is 0 Å². The molecular weight excluding hydrogens is 416 g/mol. The molecule has 1 aromatic rings. The van der Waals surface area contributed by atoms with E-state index in [4.69, 9.17) is 37.4 Å². The standard InChI is InChI=1S/C14H23ClN4O2S.C5H10O2/c1-2-7-22-14-18-12(15)11(16)13(19-14)17-9-3-4-10(8-9)21-6-5-20;6-5(7)3-1-2-4-5/h9-10,20H,2-8,16H2,1H3,(H,17,18,19);6-7H,1-4H2. The summed E-state index contributed by atoms with van der Waals surface area (Å²) in [6.45, 7) is 2.55. The molecule has 8 nitrogen and oxygen atoms in total. The highest BCUT2D eigenvalue weighted by atomic mass is 35.5. The van der Waals surface area contributed by atoms with E-state index < -0.39 is 5.79 Å². The van der Waals surface area contributed by atoms with Crippen LogP contribution in [0.15, 0.2) is 5.16 Å². The molecule has 0 spiro atoms. The summed E-state index contributed by atoms with van der Waals surface area (Å²) in [7, 11) is 0. The Bertz CT molecular complexity index is 630. The van der Waals surface area contributed by atoms with E-state index in [0.29, 0.717) is 41.3 Å². The zero-order valence-corrected chi connectivity index (χ0v) is 18.5. The maximum Gasteiger partial charge on any atom is 0.191 e. The van der Waals surface area contributed by atoms with E-state index in [9.17, 15) is 0 Å². The van der Waals surface area contributed by atoms with Crippen molar-refractivity contribution in [3.8, 4) is 0 Å². The summed E-state index contributed by atoms with van der Waals surface area (Å²) in [4.78, 5) is 8.67. The van der Waals surface area contributed by atoms with E-state index in [0.717, 1.165) is 44.3 Å². The van der Waals surface area contributed by atoms with Crippen molar-refractivity contribution in [2.45, 2.75) is 81.4 Å². The minimum atomic E-state index is -1.31. The molecule has 0 bridgehead atoms. The van der Waals surface area contributed by atoms with Gasteiger partial charge in [-0.2, -0.15) is 0 Å². The molecule has 2 fully saturated rings. The van der Waals surface area contributed by atoms with Crippen LogP contribution in [0.25, 0.3) is 0 Å². The van der Waals surface area contributed by atoms with Gasteiger partial charge in [-0.15, -0.1) is 0 Å². The summed E-state index contributed by atoms with van der Waals surface area (Å²) in [6.07, 6.45) is 7.10. The first-order valence-corrected chi connectivity index (χ1v) is 11.6. The molecule has 1 aromatic heterocycles. The van der Waals surface area contributed by atoms with Crippen LogP contribution in [0.1, 0.15) is 58.3 Å². The normalized spacial score (nSPS) is 22.9. The van der Waals surface area contributed by atoms with Crippen LogP contribution in [0, 0.1) is 0 Å². The number of thioether (sulfide) groups is 1. The minimum absolute atomic E-state index is 0.0566. The molecule has 0 aliphatic heterocycles. The number of aromatic nitrogens is 2. The van der Waals surface area contributed by atoms with Crippen molar-refractivity contribution in [2.75, 3.05) is 30.0 Å². The zero-order chi connectivity index (χ0) is 21.3. The molecule has 3 rings (SSSR count). The predicted octanol–water partition coefficient (Wildman–Crippen LogP) is 2.80. The Morgan fingerprint density at radius 3 is 2.59 bits per heavy atom. The largest absolute Gasteiger partial charge is 0.394 e. The summed E-state index contributed by atoms with van der Waals surface area (Å²) < 4.78 is 5.57. The number of hydrogen-bond acceptors (Lipinski definition) is 9. The molecule has 2 atom stereocenters. The van der Waals surface area contributed by atoms with E-state index in [1.54, 1.807) is 11.8 Å². The average Bonchev–Trinajstić information content (AvgIpc) is 3.30. The van der Waals surface area contributed by atoms with Gasteiger partial charge in [0.2, 0.25) is 0 Å². The SMILES string of the molecule is CCCSc1nc(Cl)c(N)c(NC2CCC(OCCO)C2)n1.OC1(O)CCCC1. The number of aliphatic hydroxyl groups is 3. The van der Waals surface area contributed by atoms with Crippen LogP contribution in [-0.4, -0.2) is 62.2 Å². The first kappa shape index (κ1) is 24.4. The molecule has 2 unspecified atom stereocenters. The Balaban J connectivity index is 0.000000360. The second-order valence-electron chi connectivity index (χ2n) is 7.47. The molecule has 0 amide bonds. The second-order valence-corrected chi connectivity index (χ2v) is 8.89. The molecule has 0 radical (unpaired) electrons. The van der Waals surface area contributed by atoms with Crippen LogP contribution in [0.5, 0.6) is 0 Å². The minimum Gasteiger partial charge on any atom is -0.394 e. The Labute approximate surface area is 181 Å². The van der Waals surface area contributed by atoms with Crippen LogP contribution in [0.3, 0.4) is 0 Å². The van der Waals surface area contributed by atoms with Gasteiger partial charge in [-0.05, 0) is 38.5 Å². The van der Waals surface area contributed by atoms with Gasteiger partial charge in [0, 0.05) is 24.6 Å². The van der Waals surface area contributed by atoms with Crippen molar-refractivity contribution >= 4 is 34.9 Å². The number of aliphatic hydroxyl groups excluding tert-OH is 1. The highest BCUT2D eigenvalue weighted by Gasteiger charge is 2.27. The molecular formula is C19H33ClN4O4S. The molecule has 10 heteroatoms. The highest BCUT2D eigenvalue weighted by Crippen LogP contribution is 2.31. The van der Waals surface area contributed by atoms with E-state index >= 15 is 0 Å². The summed E-state index contributed by atoms with van der Waals surface area (Å²) in [6, 6.07) is 0.251. The molecule has 29 heavy (non-hydrogen) atoms. The maximum absolute atomic E-state index is 8.80. The van der Waals surface area contributed by atoms with Gasteiger partial charge in [0.1, 0.15) is 5.69 Å². The number of anilines is 2. The number of ether oxygens (including phenoxy) is 1. The van der Waals surface area contributed by atoms with Gasteiger partial charge < -0.3 is 31.1 Å². The lowest BCUT2D eigenvalue weighted by Gasteiger charge is -2.16. The predicted molar refractivity (Wildman–Crippen MR) is 116 cm³/mol. The fraction of sp³-hybridized carbons (Fsp3) is 0.789. The van der Waals surface area contributed by atoms with Crippen LogP contribution < -0.4 is 11.1 Å². The van der Waals surface area contributed by atoms with Gasteiger partial charge in [-0.3, -0.25) is 0 Å². The Hall–Kier alpha value is -0.840. The zero-order valence-electron chi connectivity index (χ0n) is 16.9. The quantitative estimate of drug-likeness (QED) is 0.176. The monoisotopic (exact) mass is 448 g/mol. The fourth-order valence-electron chi connectivity index (χ4n) is 3.37. The molecule has 0 saturated heterocycles. The first-order valence-electron chi connectivity index (χ1n) is 10.2. The van der Waals surface area contributed by atoms with Gasteiger partial charge in [-0.1, -0.05) is 30.3 Å². The van der Waals surface area contributed by atoms with Crippen LogP contribution in [-0.2, 0) is 4.74 Å². The van der Waals surface area contributed by atoms with Crippen molar-refractivity contribution in [1.29, 1.82) is 0 Å². The van der Waals surface area contributed by atoms with E-state index in [1.807, 2.05) is 0 Å². The third kappa shape index (κ3) is 8.43. The van der Waals surface area contributed by atoms with Crippen molar-refractivity contribution in [3.63, 3.8) is 0 Å². The topological polar surface area (TPSA) is 134 Å². The van der Waals surface area contributed by atoms with Crippen molar-refractivity contribution in [1.82, 2.24) is 9.97 Å². The van der Waals surface area contributed by atoms with Gasteiger partial charge in [-0.25, -0.2) is 9.97 Å². The lowest BCUT2D eigenvalue weighted by molar-refractivity contribution is -0.152. The molecule has 1 heterocycles. The van der Waals surface area contributed by atoms with Crippen LogP contribution in [0.4, 0.5) is 11.5 Å². The third-order valence-corrected chi connectivity index (χ3v) is 6.23. The molecule has 2 aliphatic carbocycles. The van der Waals surface area contributed by atoms with Gasteiger partial charge in [0.25, 0.3) is 0 Å². The summed E-state index contributed by atoms with van der Waals surface area (Å²) in [5.74, 6) is 0.242. The number of nitrogens with two attached hydrogens (primary N) is 1. The van der Waals surface area contributed by atoms with Crippen molar-refractivity contribution in [3.05, 3.63) is 5.15 Å². The fourth-order valence-corrected chi connectivity index (χ4v) is 4.29. The van der Waals surface area contributed by atoms with Crippen molar-refractivity contribution in [2.24, 2.45) is 0 Å². The molecule has 0 aromatic carbocycles. The van der Waals surface area contributed by atoms with Gasteiger partial charge in [0.15, 0.2) is 21.9 Å². The average molecular weight is 449 g/mol. The number of nitrogen functional groups attached to an aromatic ring is 1. The van der Waals surface area contributed by atoms with Crippen molar-refractivity contribution < 1.29 is 20.1 Å². The van der Waals surface area contributed by atoms with E-state index in [1.165, 1.54) is 0 Å². The molecule has 2 aliphatic rings. The van der Waals surface area contributed by atoms with E-state index in [2.05, 4.69) is 22.2 Å². The van der Waals surface area contributed by atoms with Gasteiger partial charge in [0.05, 0.1) is 19.3 Å². The summed E-state index contributed by atoms with van der Waals surface area (Å²) in [5.41, 5.74) is 6.37. The number of hydrogen-bond donors (Lipinski definition) is 5. The number of nitrogens with zero attached hydrogens (tertiary/aromatic N) is 2. The number of halogens is 1. The molecule has 6 N–H and O–H groups in total. The molecule has 2 saturated carbocycles. The first-order chi connectivity index (χ1) is 13.8. The Morgan fingerprint density at radius 2 is 2.00 bits per heavy atom. The van der Waals surface area contributed by atoms with Crippen LogP contribution in [0.2, 0.25) is 5.15 Å². The number of nitrogens with one attached hydrogen (secondary N) is 1. The lowest BCUT2D eigenvalue weighted by Crippen LogP contribution is -2.21. The highest BCUT2D eigenvalue weighted by molar-refractivity contribution is 7.99. The van der Waals surface area contributed by atoms with Crippen LogP contribution >= 0.6 is 23.4 Å². The van der Waals surface area contributed by atoms with E-state index in [-0.39, 0.29) is 18.8 Å². The smallest absolute Gasteiger partial charge is 0.191 e. The Morgan fingerprint density at radius 1 is 1.28 bits per heavy atom. The summed E-state index contributed by atoms with van der Waals surface area (Å²) in [5, 5.41) is 30.6. The second kappa shape index (κ2) is 12.1. The lowest BCUT2D eigenvalue weighted by atomic mass is 10.2. The summed E-state index contributed by atoms with van der Waals surface area (Å²) >= 11 is 7.67. The number of rotatable bonds is 8. The third-order valence-electron chi connectivity index (χ3n) is 4.89. The maximum atomic E-state index is 8.80.